The largest absolute Gasteiger partial charge is 0.486 e. The lowest BCUT2D eigenvalue weighted by atomic mass is 10.2. The van der Waals surface area contributed by atoms with Gasteiger partial charge < -0.3 is 14.7 Å². The van der Waals surface area contributed by atoms with Gasteiger partial charge in [0.05, 0.1) is 6.54 Å². The molecular weight excluding hydrogens is 302 g/mol. The van der Waals surface area contributed by atoms with Crippen molar-refractivity contribution in [1.82, 2.24) is 9.97 Å². The van der Waals surface area contributed by atoms with Gasteiger partial charge in [-0.3, -0.25) is 0 Å². The first kappa shape index (κ1) is 15.4. The van der Waals surface area contributed by atoms with Gasteiger partial charge in [0.25, 0.3) is 0 Å². The number of rotatable bonds is 5. The molecular formula is C19H23N3O2. The molecule has 4 rings (SSSR count). The first-order valence-corrected chi connectivity index (χ1v) is 8.66. The number of aryl methyl sites for hydroxylation is 1. The Morgan fingerprint density at radius 1 is 1.17 bits per heavy atom. The highest BCUT2D eigenvalue weighted by atomic mass is 16.5. The molecule has 0 spiro atoms. The van der Waals surface area contributed by atoms with Crippen LogP contribution in [0, 0.1) is 12.8 Å². The van der Waals surface area contributed by atoms with Gasteiger partial charge in [0.15, 0.2) is 0 Å². The number of ether oxygens (including phenoxy) is 1. The Kier molecular flexibility index (Phi) is 4.10. The second-order valence-corrected chi connectivity index (χ2v) is 6.87. The molecule has 2 atom stereocenters. The van der Waals surface area contributed by atoms with Crippen LogP contribution in [0.5, 0.6) is 5.75 Å². The van der Waals surface area contributed by atoms with E-state index in [-0.39, 0.29) is 6.10 Å². The van der Waals surface area contributed by atoms with Crippen molar-refractivity contribution in [2.45, 2.75) is 38.4 Å². The third-order valence-electron chi connectivity index (χ3n) is 4.65. The summed E-state index contributed by atoms with van der Waals surface area (Å²) in [5, 5.41) is 10.4. The number of aliphatic hydroxyl groups excluding tert-OH is 1. The van der Waals surface area contributed by atoms with Crippen molar-refractivity contribution in [1.29, 1.82) is 0 Å². The number of β-amino-alcohol motifs (C(OH)–C–C–N with tert-alkyl or cyclic N) is 1. The average molecular weight is 325 g/mol. The molecule has 0 bridgehead atoms. The summed E-state index contributed by atoms with van der Waals surface area (Å²) in [7, 11) is 0. The van der Waals surface area contributed by atoms with E-state index in [4.69, 9.17) is 9.72 Å². The molecule has 5 nitrogen and oxygen atoms in total. The fourth-order valence-electron chi connectivity index (χ4n) is 3.18. The van der Waals surface area contributed by atoms with Gasteiger partial charge >= 0.3 is 0 Å². The first-order valence-electron chi connectivity index (χ1n) is 8.66. The average Bonchev–Trinajstić information content (AvgIpc) is 3.30. The minimum Gasteiger partial charge on any atom is -0.486 e. The molecule has 2 fully saturated rings. The van der Waals surface area contributed by atoms with Gasteiger partial charge in [-0.25, -0.2) is 9.97 Å². The fraction of sp³-hybridized carbons (Fsp3) is 0.474. The molecule has 0 radical (unpaired) electrons. The fourth-order valence-corrected chi connectivity index (χ4v) is 3.18. The van der Waals surface area contributed by atoms with E-state index in [1.54, 1.807) is 0 Å². The van der Waals surface area contributed by atoms with Gasteiger partial charge in [0.1, 0.15) is 29.6 Å². The van der Waals surface area contributed by atoms with Crippen LogP contribution in [-0.4, -0.2) is 40.4 Å². The quantitative estimate of drug-likeness (QED) is 0.914. The van der Waals surface area contributed by atoms with Crippen molar-refractivity contribution in [2.75, 3.05) is 18.0 Å². The van der Waals surface area contributed by atoms with Crippen LogP contribution in [0.4, 0.5) is 5.82 Å². The molecule has 0 unspecified atom stereocenters. The molecule has 126 valence electrons. The van der Waals surface area contributed by atoms with Crippen molar-refractivity contribution in [2.24, 2.45) is 5.92 Å². The van der Waals surface area contributed by atoms with Crippen LogP contribution < -0.4 is 9.64 Å². The summed E-state index contributed by atoms with van der Waals surface area (Å²) in [6.07, 6.45) is 2.79. The Morgan fingerprint density at radius 2 is 1.96 bits per heavy atom. The number of hydrogen-bond donors (Lipinski definition) is 1. The Bertz CT molecular complexity index is 703. The highest BCUT2D eigenvalue weighted by Crippen LogP contribution is 2.32. The summed E-state index contributed by atoms with van der Waals surface area (Å²) < 4.78 is 5.94. The van der Waals surface area contributed by atoms with Crippen LogP contribution in [0.3, 0.4) is 0 Å². The molecule has 0 amide bonds. The molecule has 1 aliphatic heterocycles. The number of aromatic nitrogens is 2. The lowest BCUT2D eigenvalue weighted by Crippen LogP contribution is -2.30. The van der Waals surface area contributed by atoms with Crippen molar-refractivity contribution in [3.63, 3.8) is 0 Å². The summed E-state index contributed by atoms with van der Waals surface area (Å²) in [5.74, 6) is 3.38. The molecule has 2 aliphatic rings. The highest BCUT2D eigenvalue weighted by molar-refractivity contribution is 5.42. The number of benzene rings is 1. The molecule has 1 saturated carbocycles. The lowest BCUT2D eigenvalue weighted by molar-refractivity contribution is 0.0738. The molecule has 2 heterocycles. The van der Waals surface area contributed by atoms with Gasteiger partial charge in [0.2, 0.25) is 0 Å². The zero-order valence-corrected chi connectivity index (χ0v) is 13.9. The molecule has 1 aromatic heterocycles. The van der Waals surface area contributed by atoms with E-state index in [1.165, 1.54) is 12.8 Å². The predicted molar refractivity (Wildman–Crippen MR) is 92.3 cm³/mol. The van der Waals surface area contributed by atoms with Crippen LogP contribution in [-0.2, 0) is 6.42 Å². The van der Waals surface area contributed by atoms with E-state index in [0.717, 1.165) is 35.4 Å². The van der Waals surface area contributed by atoms with E-state index in [2.05, 4.69) is 9.88 Å². The third-order valence-corrected chi connectivity index (χ3v) is 4.65. The number of aliphatic hydroxyl groups is 1. The van der Waals surface area contributed by atoms with Crippen LogP contribution in [0.1, 0.15) is 24.4 Å². The monoisotopic (exact) mass is 325 g/mol. The van der Waals surface area contributed by atoms with E-state index in [1.807, 2.05) is 43.3 Å². The van der Waals surface area contributed by atoms with E-state index < -0.39 is 6.10 Å². The highest BCUT2D eigenvalue weighted by Gasteiger charge is 2.34. The van der Waals surface area contributed by atoms with Crippen molar-refractivity contribution in [3.05, 3.63) is 47.9 Å². The summed E-state index contributed by atoms with van der Waals surface area (Å²) in [6, 6.07) is 11.7. The van der Waals surface area contributed by atoms with Crippen LogP contribution >= 0.6 is 0 Å². The molecule has 24 heavy (non-hydrogen) atoms. The zero-order valence-electron chi connectivity index (χ0n) is 13.9. The van der Waals surface area contributed by atoms with Crippen LogP contribution in [0.2, 0.25) is 0 Å². The standard InChI is InChI=1S/C19H23N3O2/c1-13-9-19(21-18(20-13)10-14-7-8-14)22-11-16(23)17(12-22)24-15-5-3-2-4-6-15/h2-6,9,14,16-17,23H,7-8,10-12H2,1H3/t16-,17-/m1/s1. The molecule has 5 heteroatoms. The van der Waals surface area contributed by atoms with Crippen molar-refractivity contribution >= 4 is 5.82 Å². The number of hydrogen-bond acceptors (Lipinski definition) is 5. The van der Waals surface area contributed by atoms with E-state index >= 15 is 0 Å². The second kappa shape index (κ2) is 6.40. The molecule has 1 aromatic carbocycles. The van der Waals surface area contributed by atoms with Gasteiger partial charge in [-0.1, -0.05) is 18.2 Å². The predicted octanol–water partition coefficient (Wildman–Crippen LogP) is 2.37. The summed E-state index contributed by atoms with van der Waals surface area (Å²) in [6.45, 7) is 3.18. The number of para-hydroxylation sites is 1. The number of nitrogens with zero attached hydrogens (tertiary/aromatic N) is 3. The summed E-state index contributed by atoms with van der Waals surface area (Å²) in [5.41, 5.74) is 0.984. The molecule has 2 aromatic rings. The smallest absolute Gasteiger partial charge is 0.144 e. The van der Waals surface area contributed by atoms with E-state index in [9.17, 15) is 5.11 Å². The minimum atomic E-state index is -0.521. The third kappa shape index (κ3) is 3.51. The summed E-state index contributed by atoms with van der Waals surface area (Å²) in [4.78, 5) is 11.4. The van der Waals surface area contributed by atoms with Gasteiger partial charge in [0, 0.05) is 24.7 Å². The first-order chi connectivity index (χ1) is 11.7. The Balaban J connectivity index is 1.47. The van der Waals surface area contributed by atoms with E-state index in [0.29, 0.717) is 13.1 Å². The minimum absolute atomic E-state index is 0.241. The molecule has 1 saturated heterocycles. The maximum absolute atomic E-state index is 10.4. The lowest BCUT2D eigenvalue weighted by Gasteiger charge is -2.18. The Labute approximate surface area is 142 Å². The normalized spacial score (nSPS) is 23.5. The summed E-state index contributed by atoms with van der Waals surface area (Å²) >= 11 is 0. The molecule has 1 aliphatic carbocycles. The topological polar surface area (TPSA) is 58.5 Å². The van der Waals surface area contributed by atoms with Gasteiger partial charge in [-0.05, 0) is 37.8 Å². The second-order valence-electron chi connectivity index (χ2n) is 6.87. The van der Waals surface area contributed by atoms with Gasteiger partial charge in [-0.15, -0.1) is 0 Å². The Hall–Kier alpha value is -2.14. The van der Waals surface area contributed by atoms with Crippen molar-refractivity contribution in [3.8, 4) is 5.75 Å². The SMILES string of the molecule is Cc1cc(N2C[C@@H](O)[C@H](Oc3ccccc3)C2)nc(CC2CC2)n1. The number of anilines is 1. The van der Waals surface area contributed by atoms with Crippen LogP contribution in [0.25, 0.3) is 0 Å². The maximum atomic E-state index is 10.4. The van der Waals surface area contributed by atoms with Gasteiger partial charge in [-0.2, -0.15) is 0 Å². The zero-order chi connectivity index (χ0) is 16.5. The van der Waals surface area contributed by atoms with Crippen molar-refractivity contribution < 1.29 is 9.84 Å². The Morgan fingerprint density at radius 3 is 2.71 bits per heavy atom. The maximum Gasteiger partial charge on any atom is 0.144 e. The molecule has 1 N–H and O–H groups in total. The van der Waals surface area contributed by atoms with Crippen LogP contribution in [0.15, 0.2) is 36.4 Å².